The molecule has 0 aliphatic rings. The number of carbonyl (C=O) groups is 1. The van der Waals surface area contributed by atoms with E-state index in [0.717, 1.165) is 17.0 Å². The van der Waals surface area contributed by atoms with E-state index in [1.54, 1.807) is 6.20 Å². The average molecular weight is 378 g/mol. The highest BCUT2D eigenvalue weighted by Gasteiger charge is 2.15. The first-order valence-corrected chi connectivity index (χ1v) is 8.44. The molecule has 0 fully saturated rings. The van der Waals surface area contributed by atoms with Crippen molar-refractivity contribution in [1.82, 2.24) is 19.6 Å². The molecule has 0 aliphatic carbocycles. The van der Waals surface area contributed by atoms with Gasteiger partial charge in [-0.15, -0.1) is 0 Å². The average Bonchev–Trinajstić information content (AvgIpc) is 3.06. The first-order chi connectivity index (χ1) is 11.9. The van der Waals surface area contributed by atoms with Crippen molar-refractivity contribution in [1.29, 1.82) is 0 Å². The number of hydrogen-bond donors (Lipinski definition) is 1. The molecule has 0 atom stereocenters. The smallest absolute Gasteiger partial charge is 0.246 e. The molecule has 0 bridgehead atoms. The van der Waals surface area contributed by atoms with Gasteiger partial charge in [-0.3, -0.25) is 14.2 Å². The molecule has 3 rings (SSSR count). The van der Waals surface area contributed by atoms with Crippen molar-refractivity contribution in [3.05, 3.63) is 63.7 Å². The Hall–Kier alpha value is -2.31. The molecule has 1 N–H and O–H groups in total. The number of nitrogens with one attached hydrogen (secondary N) is 1. The predicted molar refractivity (Wildman–Crippen MR) is 98.1 cm³/mol. The lowest BCUT2D eigenvalue weighted by Gasteiger charge is -2.08. The van der Waals surface area contributed by atoms with Gasteiger partial charge in [0.15, 0.2) is 0 Å². The summed E-state index contributed by atoms with van der Waals surface area (Å²) in [6.45, 7) is 4.45. The molecule has 25 heavy (non-hydrogen) atoms. The summed E-state index contributed by atoms with van der Waals surface area (Å²) in [6, 6.07) is 7.63. The minimum Gasteiger partial charge on any atom is -0.321 e. The third-order valence-corrected chi connectivity index (χ3v) is 4.20. The molecule has 2 heterocycles. The molecule has 8 heteroatoms. The second-order valence-corrected chi connectivity index (χ2v) is 6.61. The van der Waals surface area contributed by atoms with Gasteiger partial charge < -0.3 is 5.32 Å². The summed E-state index contributed by atoms with van der Waals surface area (Å²) >= 11 is 11.8. The normalized spacial score (nSPS) is 10.9. The number of aryl methyl sites for hydroxylation is 1. The molecule has 0 aliphatic heterocycles. The minimum absolute atomic E-state index is 0.0884. The molecule has 0 spiro atoms. The van der Waals surface area contributed by atoms with Gasteiger partial charge in [0.2, 0.25) is 5.91 Å². The van der Waals surface area contributed by atoms with Gasteiger partial charge in [0.25, 0.3) is 0 Å². The lowest BCUT2D eigenvalue weighted by Crippen LogP contribution is -2.19. The predicted octanol–water partition coefficient (Wildman–Crippen LogP) is 3.69. The largest absolute Gasteiger partial charge is 0.321 e. The summed E-state index contributed by atoms with van der Waals surface area (Å²) in [5.74, 6) is -0.187. The number of carbonyl (C=O) groups excluding carboxylic acids is 1. The van der Waals surface area contributed by atoms with Gasteiger partial charge >= 0.3 is 0 Å². The number of rotatable bonds is 5. The van der Waals surface area contributed by atoms with Crippen molar-refractivity contribution in [3.63, 3.8) is 0 Å². The van der Waals surface area contributed by atoms with Crippen LogP contribution in [0.3, 0.4) is 0 Å². The molecule has 0 saturated carbocycles. The fourth-order valence-corrected chi connectivity index (χ4v) is 2.96. The summed E-state index contributed by atoms with van der Waals surface area (Å²) in [7, 11) is 0. The second-order valence-electron chi connectivity index (χ2n) is 5.74. The Morgan fingerprint density at radius 2 is 2.04 bits per heavy atom. The van der Waals surface area contributed by atoms with Crippen LogP contribution in [-0.4, -0.2) is 25.5 Å². The molecule has 130 valence electrons. The zero-order valence-electron chi connectivity index (χ0n) is 13.8. The first-order valence-electron chi connectivity index (χ1n) is 7.68. The maximum Gasteiger partial charge on any atom is 0.246 e. The Labute approximate surface area is 155 Å². The summed E-state index contributed by atoms with van der Waals surface area (Å²) in [5.41, 5.74) is 3.39. The van der Waals surface area contributed by atoms with Crippen LogP contribution in [0.25, 0.3) is 0 Å². The van der Waals surface area contributed by atoms with Gasteiger partial charge in [-0.1, -0.05) is 35.3 Å². The fourth-order valence-electron chi connectivity index (χ4n) is 2.59. The van der Waals surface area contributed by atoms with Crippen LogP contribution in [0.5, 0.6) is 0 Å². The van der Waals surface area contributed by atoms with Crippen LogP contribution in [0, 0.1) is 13.8 Å². The van der Waals surface area contributed by atoms with Crippen LogP contribution in [0.1, 0.15) is 17.0 Å². The quantitative estimate of drug-likeness (QED) is 0.737. The topological polar surface area (TPSA) is 64.7 Å². The van der Waals surface area contributed by atoms with E-state index in [-0.39, 0.29) is 12.5 Å². The van der Waals surface area contributed by atoms with E-state index in [0.29, 0.717) is 22.3 Å². The Morgan fingerprint density at radius 3 is 2.72 bits per heavy atom. The highest BCUT2D eigenvalue weighted by molar-refractivity contribution is 6.30. The first kappa shape index (κ1) is 17.5. The SMILES string of the molecule is Cc1nn(Cc2cccc(Cl)c2)c(C)c1NC(=O)Cn1cc(Cl)cn1. The fraction of sp³-hybridized carbons (Fsp3) is 0.235. The molecule has 3 aromatic rings. The van der Waals surface area contributed by atoms with Crippen molar-refractivity contribution in [3.8, 4) is 0 Å². The lowest BCUT2D eigenvalue weighted by molar-refractivity contribution is -0.116. The zero-order valence-corrected chi connectivity index (χ0v) is 15.3. The van der Waals surface area contributed by atoms with Crippen molar-refractivity contribution >= 4 is 34.8 Å². The Kier molecular flexibility index (Phi) is 5.11. The summed E-state index contributed by atoms with van der Waals surface area (Å²) in [4.78, 5) is 12.2. The third-order valence-electron chi connectivity index (χ3n) is 3.77. The Bertz CT molecular complexity index is 916. The molecule has 0 saturated heterocycles. The van der Waals surface area contributed by atoms with Crippen LogP contribution in [0.4, 0.5) is 5.69 Å². The Balaban J connectivity index is 1.74. The van der Waals surface area contributed by atoms with Gasteiger partial charge in [-0.2, -0.15) is 10.2 Å². The van der Waals surface area contributed by atoms with E-state index in [1.807, 2.05) is 42.8 Å². The highest BCUT2D eigenvalue weighted by atomic mass is 35.5. The molecule has 0 radical (unpaired) electrons. The van der Waals surface area contributed by atoms with Crippen molar-refractivity contribution < 1.29 is 4.79 Å². The Morgan fingerprint density at radius 1 is 1.24 bits per heavy atom. The number of benzene rings is 1. The molecule has 1 amide bonds. The van der Waals surface area contributed by atoms with Crippen LogP contribution in [0.15, 0.2) is 36.7 Å². The van der Waals surface area contributed by atoms with Crippen LogP contribution in [0.2, 0.25) is 10.0 Å². The number of anilines is 1. The number of amides is 1. The summed E-state index contributed by atoms with van der Waals surface area (Å²) < 4.78 is 3.33. The number of nitrogens with zero attached hydrogens (tertiary/aromatic N) is 4. The standard InChI is InChI=1S/C17H17Cl2N5O/c1-11-17(21-16(25)10-23-9-15(19)7-20-23)12(2)24(22-11)8-13-4-3-5-14(18)6-13/h3-7,9H,8,10H2,1-2H3,(H,21,25). The monoisotopic (exact) mass is 377 g/mol. The molecule has 2 aromatic heterocycles. The van der Waals surface area contributed by atoms with Crippen LogP contribution >= 0.6 is 23.2 Å². The van der Waals surface area contributed by atoms with Crippen molar-refractivity contribution in [2.24, 2.45) is 0 Å². The van der Waals surface area contributed by atoms with Gasteiger partial charge in [-0.25, -0.2) is 0 Å². The van der Waals surface area contributed by atoms with E-state index >= 15 is 0 Å². The molecule has 6 nitrogen and oxygen atoms in total. The molecular formula is C17H17Cl2N5O. The number of halogens is 2. The molecule has 1 aromatic carbocycles. The maximum atomic E-state index is 12.2. The molecule has 0 unspecified atom stereocenters. The lowest BCUT2D eigenvalue weighted by atomic mass is 10.2. The third kappa shape index (κ3) is 4.21. The summed E-state index contributed by atoms with van der Waals surface area (Å²) in [6.07, 6.45) is 3.10. The van der Waals surface area contributed by atoms with Crippen molar-refractivity contribution in [2.45, 2.75) is 26.9 Å². The minimum atomic E-state index is -0.187. The highest BCUT2D eigenvalue weighted by Crippen LogP contribution is 2.21. The van der Waals surface area contributed by atoms with E-state index in [9.17, 15) is 4.79 Å². The zero-order chi connectivity index (χ0) is 18.0. The van der Waals surface area contributed by atoms with Gasteiger partial charge in [0, 0.05) is 11.2 Å². The van der Waals surface area contributed by atoms with Crippen LogP contribution < -0.4 is 5.32 Å². The van der Waals surface area contributed by atoms with Crippen LogP contribution in [-0.2, 0) is 17.9 Å². The van der Waals surface area contributed by atoms with E-state index in [4.69, 9.17) is 23.2 Å². The van der Waals surface area contributed by atoms with E-state index < -0.39 is 0 Å². The van der Waals surface area contributed by atoms with Crippen molar-refractivity contribution in [2.75, 3.05) is 5.32 Å². The van der Waals surface area contributed by atoms with E-state index in [2.05, 4.69) is 15.5 Å². The summed E-state index contributed by atoms with van der Waals surface area (Å²) in [5, 5.41) is 12.6. The van der Waals surface area contributed by atoms with Gasteiger partial charge in [0.05, 0.1) is 34.8 Å². The molecular weight excluding hydrogens is 361 g/mol. The second kappa shape index (κ2) is 7.29. The van der Waals surface area contributed by atoms with Gasteiger partial charge in [0.1, 0.15) is 6.54 Å². The van der Waals surface area contributed by atoms with E-state index in [1.165, 1.54) is 10.9 Å². The maximum absolute atomic E-state index is 12.2. The number of hydrogen-bond acceptors (Lipinski definition) is 3. The van der Waals surface area contributed by atoms with Gasteiger partial charge in [-0.05, 0) is 31.5 Å². The number of aromatic nitrogens is 4.